The molecule has 0 aliphatic carbocycles. The average molecular weight is 969 g/mol. The molecule has 394 valence electrons. The third-order valence-corrected chi connectivity index (χ3v) is 12.3. The van der Waals surface area contributed by atoms with Gasteiger partial charge in [0.2, 0.25) is 0 Å². The molecule has 0 radical (unpaired) electrons. The first-order chi connectivity index (χ1) is 33.0. The number of aliphatic hydroxyl groups excluding tert-OH is 7. The topological polar surface area (TPSA) is 231 Å². The maximum absolute atomic E-state index is 13.0. The molecule has 2 aliphatic rings. The van der Waals surface area contributed by atoms with Crippen LogP contribution in [0.25, 0.3) is 0 Å². The van der Waals surface area contributed by atoms with Crippen molar-refractivity contribution >= 4 is 11.9 Å². The highest BCUT2D eigenvalue weighted by Gasteiger charge is 2.47. The van der Waals surface area contributed by atoms with Crippen LogP contribution < -0.4 is 0 Å². The Labute approximate surface area is 408 Å². The Morgan fingerprint density at radius 1 is 0.471 bits per heavy atom. The summed E-state index contributed by atoms with van der Waals surface area (Å²) in [6, 6.07) is 0. The normalized spacial score (nSPS) is 26.1. The second-order valence-electron chi connectivity index (χ2n) is 18.3. The van der Waals surface area contributed by atoms with Gasteiger partial charge in [0, 0.05) is 12.8 Å². The maximum atomic E-state index is 13.0. The van der Waals surface area contributed by atoms with E-state index in [0.717, 1.165) is 44.9 Å². The predicted molar refractivity (Wildman–Crippen MR) is 261 cm³/mol. The van der Waals surface area contributed by atoms with Crippen molar-refractivity contribution in [3.63, 3.8) is 0 Å². The van der Waals surface area contributed by atoms with Crippen LogP contribution >= 0.6 is 0 Å². The monoisotopic (exact) mass is 969 g/mol. The zero-order valence-corrected chi connectivity index (χ0v) is 41.6. The summed E-state index contributed by atoms with van der Waals surface area (Å²) in [6.45, 7) is 2.51. The van der Waals surface area contributed by atoms with Gasteiger partial charge in [-0.2, -0.15) is 0 Å². The summed E-state index contributed by atoms with van der Waals surface area (Å²) in [5.41, 5.74) is 0. The Bertz CT molecular complexity index is 1370. The van der Waals surface area contributed by atoms with Crippen LogP contribution in [0.4, 0.5) is 0 Å². The number of hydrogen-bond acceptors (Lipinski definition) is 15. The van der Waals surface area contributed by atoms with E-state index in [4.69, 9.17) is 28.4 Å². The number of esters is 2. The van der Waals surface area contributed by atoms with E-state index in [0.29, 0.717) is 19.3 Å². The third kappa shape index (κ3) is 27.7. The van der Waals surface area contributed by atoms with Gasteiger partial charge in [0.25, 0.3) is 0 Å². The van der Waals surface area contributed by atoms with E-state index in [1.807, 2.05) is 6.08 Å². The fourth-order valence-electron chi connectivity index (χ4n) is 7.93. The van der Waals surface area contributed by atoms with Gasteiger partial charge in [0.1, 0.15) is 55.4 Å². The number of carbonyl (C=O) groups excluding carboxylic acids is 2. The molecule has 4 unspecified atom stereocenters. The minimum atomic E-state index is -1.78. The molecule has 68 heavy (non-hydrogen) atoms. The molecule has 0 amide bonds. The Balaban J connectivity index is 1.84. The smallest absolute Gasteiger partial charge is 0.306 e. The lowest BCUT2D eigenvalue weighted by Crippen LogP contribution is -2.61. The van der Waals surface area contributed by atoms with E-state index in [1.165, 1.54) is 89.9 Å². The van der Waals surface area contributed by atoms with E-state index >= 15 is 0 Å². The lowest BCUT2D eigenvalue weighted by atomic mass is 9.98. The zero-order chi connectivity index (χ0) is 49.6. The Morgan fingerprint density at radius 2 is 0.897 bits per heavy atom. The molecule has 2 fully saturated rings. The summed E-state index contributed by atoms with van der Waals surface area (Å²) in [6.07, 6.45) is 27.2. The van der Waals surface area contributed by atoms with Gasteiger partial charge in [0.15, 0.2) is 18.7 Å². The highest BCUT2D eigenvalue weighted by atomic mass is 16.7. The molecule has 0 spiro atoms. The highest BCUT2D eigenvalue weighted by Crippen LogP contribution is 2.26. The summed E-state index contributed by atoms with van der Waals surface area (Å²) in [7, 11) is 0. The Hall–Kier alpha value is -2.54. The summed E-state index contributed by atoms with van der Waals surface area (Å²) >= 11 is 0. The minimum Gasteiger partial charge on any atom is -0.462 e. The van der Waals surface area contributed by atoms with Gasteiger partial charge in [0.05, 0.1) is 19.8 Å². The van der Waals surface area contributed by atoms with Gasteiger partial charge in [-0.1, -0.05) is 146 Å². The first kappa shape index (κ1) is 61.6. The molecule has 2 heterocycles. The molecule has 15 nitrogen and oxygen atoms in total. The van der Waals surface area contributed by atoms with Crippen LogP contribution in [-0.4, -0.2) is 142 Å². The lowest BCUT2D eigenvalue weighted by Gasteiger charge is -2.42. The number of carbonyl (C=O) groups is 2. The summed E-state index contributed by atoms with van der Waals surface area (Å²) in [4.78, 5) is 25.7. The average Bonchev–Trinajstić information content (AvgIpc) is 3.33. The van der Waals surface area contributed by atoms with E-state index in [9.17, 15) is 45.3 Å². The number of hydrogen-bond donors (Lipinski definition) is 7. The fraction of sp³-hybridized carbons (Fsp3) is 0.811. The first-order valence-electron chi connectivity index (χ1n) is 26.2. The largest absolute Gasteiger partial charge is 0.462 e. The summed E-state index contributed by atoms with van der Waals surface area (Å²) in [5.74, 6) is -1.00. The summed E-state index contributed by atoms with van der Waals surface area (Å²) < 4.78 is 33.5. The van der Waals surface area contributed by atoms with Crippen molar-refractivity contribution in [1.29, 1.82) is 0 Å². The molecular weight excluding hydrogens is 877 g/mol. The number of rotatable bonds is 40. The lowest BCUT2D eigenvalue weighted by molar-refractivity contribution is -0.332. The molecule has 2 saturated heterocycles. The van der Waals surface area contributed by atoms with E-state index in [-0.39, 0.29) is 19.4 Å². The Morgan fingerprint density at radius 3 is 1.44 bits per heavy atom. The minimum absolute atomic E-state index is 0.134. The van der Waals surface area contributed by atoms with Gasteiger partial charge < -0.3 is 64.2 Å². The third-order valence-electron chi connectivity index (χ3n) is 12.3. The second kappa shape index (κ2) is 40.1. The SMILES string of the molecule is CCCCCCCC/C=C/C/C=C/C/C=C/CCCC(=O)OC[C@@H](CO[C@@H]1O[C@H](CO[C@@H]2O[C@H](CO)[C@H](O)C(O)C2O)[C@H](O)C(O)C1O)OC(=O)CCCCC/C=C/CCCCCCCCCC. The van der Waals surface area contributed by atoms with Crippen LogP contribution in [0.1, 0.15) is 181 Å². The summed E-state index contributed by atoms with van der Waals surface area (Å²) in [5, 5.41) is 72.1. The molecule has 7 N–H and O–H groups in total. The van der Waals surface area contributed by atoms with E-state index < -0.39 is 99.3 Å². The van der Waals surface area contributed by atoms with Crippen molar-refractivity contribution in [3.8, 4) is 0 Å². The van der Waals surface area contributed by atoms with Crippen LogP contribution in [0.3, 0.4) is 0 Å². The highest BCUT2D eigenvalue weighted by molar-refractivity contribution is 5.70. The van der Waals surface area contributed by atoms with Crippen molar-refractivity contribution in [1.82, 2.24) is 0 Å². The molecule has 15 heteroatoms. The van der Waals surface area contributed by atoms with Crippen molar-refractivity contribution < 1.29 is 73.8 Å². The molecule has 11 atom stereocenters. The second-order valence-corrected chi connectivity index (χ2v) is 18.3. The van der Waals surface area contributed by atoms with Crippen LogP contribution in [0.15, 0.2) is 48.6 Å². The molecule has 0 aromatic heterocycles. The quantitative estimate of drug-likeness (QED) is 0.0179. The Kier molecular flexibility index (Phi) is 36.3. The molecule has 0 aromatic rings. The van der Waals surface area contributed by atoms with E-state index in [1.54, 1.807) is 0 Å². The maximum Gasteiger partial charge on any atom is 0.306 e. The zero-order valence-electron chi connectivity index (χ0n) is 41.6. The van der Waals surface area contributed by atoms with Gasteiger partial charge in [-0.3, -0.25) is 9.59 Å². The molecular formula is C53H92O15. The molecule has 0 bridgehead atoms. The molecule has 0 aromatic carbocycles. The standard InChI is InChI=1S/C53H92O15/c1-3-5-7-9-11-13-15-17-19-20-22-23-25-27-29-31-33-35-44(55)63-38-41(66-45(56)36-34-32-30-28-26-24-21-18-16-14-12-10-8-6-4-2)39-64-52-51(62)49(60)47(58)43(68-52)40-65-53-50(61)48(59)46(57)42(37-54)67-53/h17,19,22-24,26-27,29,41-43,46-54,57-62H,3-16,18,20-21,25,28,30-40H2,1-2H3/b19-17+,23-22+,26-24+,29-27+/t41-,42+,43+,46-,47-,48?,49?,50?,51?,52+,53+/m0/s1. The van der Waals surface area contributed by atoms with Crippen LogP contribution in [0.2, 0.25) is 0 Å². The van der Waals surface area contributed by atoms with Crippen LogP contribution in [0, 0.1) is 0 Å². The van der Waals surface area contributed by atoms with Gasteiger partial charge in [-0.15, -0.1) is 0 Å². The number of aliphatic hydroxyl groups is 7. The van der Waals surface area contributed by atoms with Crippen molar-refractivity contribution in [2.24, 2.45) is 0 Å². The molecule has 0 saturated carbocycles. The van der Waals surface area contributed by atoms with Crippen LogP contribution in [0.5, 0.6) is 0 Å². The number of ether oxygens (including phenoxy) is 6. The fourth-order valence-corrected chi connectivity index (χ4v) is 7.93. The predicted octanol–water partition coefficient (Wildman–Crippen LogP) is 7.49. The van der Waals surface area contributed by atoms with Crippen molar-refractivity contribution in [2.75, 3.05) is 26.4 Å². The van der Waals surface area contributed by atoms with Gasteiger partial charge >= 0.3 is 11.9 Å². The molecule has 2 aliphatic heterocycles. The number of allylic oxidation sites excluding steroid dienone is 8. The first-order valence-corrected chi connectivity index (χ1v) is 26.2. The van der Waals surface area contributed by atoms with Crippen LogP contribution in [-0.2, 0) is 38.0 Å². The van der Waals surface area contributed by atoms with E-state index in [2.05, 4.69) is 56.4 Å². The van der Waals surface area contributed by atoms with Gasteiger partial charge in [-0.05, 0) is 70.6 Å². The molecule has 2 rings (SSSR count). The van der Waals surface area contributed by atoms with Gasteiger partial charge in [-0.25, -0.2) is 0 Å². The number of unbranched alkanes of at least 4 members (excludes halogenated alkanes) is 18. The van der Waals surface area contributed by atoms with Crippen molar-refractivity contribution in [2.45, 2.75) is 248 Å². The van der Waals surface area contributed by atoms with Crippen molar-refractivity contribution in [3.05, 3.63) is 48.6 Å².